The molecule has 0 N–H and O–H groups in total. The van der Waals surface area contributed by atoms with Crippen molar-refractivity contribution < 1.29 is 9.47 Å². The number of hydrogen-bond acceptors (Lipinski definition) is 2. The molecular weight excluding hydrogens is 345 g/mol. The fourth-order valence-electron chi connectivity index (χ4n) is 3.78. The molecule has 0 fully saturated rings. The van der Waals surface area contributed by atoms with Crippen LogP contribution in [0.1, 0.15) is 92.9 Å². The van der Waals surface area contributed by atoms with Gasteiger partial charge >= 0.3 is 20.4 Å². The summed E-state index contributed by atoms with van der Waals surface area (Å²) in [4.78, 5) is 0. The van der Waals surface area contributed by atoms with Gasteiger partial charge in [0, 0.05) is 26.4 Å². The van der Waals surface area contributed by atoms with Gasteiger partial charge in [-0.25, -0.2) is 0 Å². The van der Waals surface area contributed by atoms with E-state index < -0.39 is 0 Å². The second-order valence-electron chi connectivity index (χ2n) is 9.42. The summed E-state index contributed by atoms with van der Waals surface area (Å²) in [7, 11) is 0. The highest BCUT2D eigenvalue weighted by molar-refractivity contribution is 6.35. The molecule has 4 atom stereocenters. The van der Waals surface area contributed by atoms with E-state index in [1.165, 1.54) is 60.5 Å². The summed E-state index contributed by atoms with van der Waals surface area (Å²) in [6.45, 7) is 17.7. The van der Waals surface area contributed by atoms with Crippen LogP contribution in [0.2, 0.25) is 9.10 Å². The van der Waals surface area contributed by atoms with Gasteiger partial charge in [-0.15, -0.1) is 9.10 Å². The quantitative estimate of drug-likeness (QED) is 0.160. The molecule has 2 nitrogen and oxygen atoms in total. The lowest BCUT2D eigenvalue weighted by atomic mass is 10.1. The molecular formula is C24H50MgO2. The molecule has 0 heterocycles. The van der Waals surface area contributed by atoms with Gasteiger partial charge in [0.05, 0.1) is 0 Å². The van der Waals surface area contributed by atoms with E-state index in [2.05, 4.69) is 41.5 Å². The Bertz CT molecular complexity index is 270. The second-order valence-corrected chi connectivity index (χ2v) is 11.5. The van der Waals surface area contributed by atoms with E-state index >= 15 is 0 Å². The van der Waals surface area contributed by atoms with Crippen molar-refractivity contribution >= 4 is 20.4 Å². The van der Waals surface area contributed by atoms with Crippen molar-refractivity contribution in [3.05, 3.63) is 0 Å². The van der Waals surface area contributed by atoms with Crippen LogP contribution in [-0.2, 0) is 9.47 Å². The van der Waals surface area contributed by atoms with Gasteiger partial charge in [0.15, 0.2) is 0 Å². The lowest BCUT2D eigenvalue weighted by Gasteiger charge is -2.15. The van der Waals surface area contributed by atoms with Crippen LogP contribution < -0.4 is 0 Å². The SMILES string of the molecule is CCCC(C)COCC(C)CC[CH2][Mg][CH2]CCC(C)COCC(C)CCC. The van der Waals surface area contributed by atoms with Crippen LogP contribution in [0.3, 0.4) is 0 Å². The van der Waals surface area contributed by atoms with E-state index in [-0.39, 0.29) is 20.4 Å². The summed E-state index contributed by atoms with van der Waals surface area (Å²) in [5.74, 6) is 2.92. The maximum atomic E-state index is 5.89. The summed E-state index contributed by atoms with van der Waals surface area (Å²) in [6, 6.07) is 0. The Balaban J connectivity index is 3.38. The van der Waals surface area contributed by atoms with Crippen LogP contribution >= 0.6 is 0 Å². The Labute approximate surface area is 181 Å². The lowest BCUT2D eigenvalue weighted by molar-refractivity contribution is 0.0750. The van der Waals surface area contributed by atoms with Gasteiger partial charge < -0.3 is 9.47 Å². The first kappa shape index (κ1) is 27.7. The summed E-state index contributed by atoms with van der Waals surface area (Å²) in [6.07, 6.45) is 10.7. The maximum Gasteiger partial charge on any atom is 0.364 e. The topological polar surface area (TPSA) is 18.5 Å². The van der Waals surface area contributed by atoms with Crippen LogP contribution in [0.5, 0.6) is 0 Å². The van der Waals surface area contributed by atoms with Crippen molar-refractivity contribution in [2.75, 3.05) is 26.4 Å². The zero-order valence-electron chi connectivity index (χ0n) is 19.7. The largest absolute Gasteiger partial charge is 0.381 e. The molecule has 0 aliphatic carbocycles. The van der Waals surface area contributed by atoms with E-state index in [0.717, 1.165) is 50.1 Å². The summed E-state index contributed by atoms with van der Waals surface area (Å²) >= 11 is 0.166. The third-order valence-corrected chi connectivity index (χ3v) is 7.57. The summed E-state index contributed by atoms with van der Waals surface area (Å²) in [5.41, 5.74) is 0. The van der Waals surface area contributed by atoms with Crippen molar-refractivity contribution in [1.29, 1.82) is 0 Å². The molecule has 0 spiro atoms. The predicted octanol–water partition coefficient (Wildman–Crippen LogP) is 7.27. The Hall–Kier alpha value is 0.686. The van der Waals surface area contributed by atoms with Crippen LogP contribution in [0.15, 0.2) is 0 Å². The van der Waals surface area contributed by atoms with E-state index in [1.807, 2.05) is 0 Å². The van der Waals surface area contributed by atoms with Crippen molar-refractivity contribution in [2.45, 2.75) is 102 Å². The number of ether oxygens (including phenoxy) is 2. The molecule has 3 heteroatoms. The van der Waals surface area contributed by atoms with Crippen molar-refractivity contribution in [2.24, 2.45) is 23.7 Å². The molecule has 0 bridgehead atoms. The average molecular weight is 395 g/mol. The molecule has 0 aromatic rings. The first-order valence-electron chi connectivity index (χ1n) is 12.1. The van der Waals surface area contributed by atoms with Gasteiger partial charge in [-0.3, -0.25) is 0 Å². The van der Waals surface area contributed by atoms with Crippen LogP contribution in [0.25, 0.3) is 0 Å². The van der Waals surface area contributed by atoms with Crippen molar-refractivity contribution in [3.63, 3.8) is 0 Å². The highest BCUT2D eigenvalue weighted by Gasteiger charge is 2.07. The van der Waals surface area contributed by atoms with Crippen molar-refractivity contribution in [3.8, 4) is 0 Å². The first-order valence-corrected chi connectivity index (χ1v) is 14.1. The van der Waals surface area contributed by atoms with Crippen molar-refractivity contribution in [1.82, 2.24) is 0 Å². The molecule has 0 saturated heterocycles. The monoisotopic (exact) mass is 394 g/mol. The molecule has 27 heavy (non-hydrogen) atoms. The van der Waals surface area contributed by atoms with Crippen LogP contribution in [0, 0.1) is 23.7 Å². The van der Waals surface area contributed by atoms with Crippen LogP contribution in [-0.4, -0.2) is 46.8 Å². The third kappa shape index (κ3) is 19.8. The molecule has 0 rings (SSSR count). The molecule has 0 saturated carbocycles. The lowest BCUT2D eigenvalue weighted by Crippen LogP contribution is -2.12. The average Bonchev–Trinajstić information content (AvgIpc) is 2.61. The van der Waals surface area contributed by atoms with E-state index in [1.54, 1.807) is 0 Å². The van der Waals surface area contributed by atoms with Gasteiger partial charge in [0.25, 0.3) is 0 Å². The van der Waals surface area contributed by atoms with Gasteiger partial charge in [0.2, 0.25) is 0 Å². The number of rotatable bonds is 20. The second kappa shape index (κ2) is 20.0. The molecule has 0 aromatic carbocycles. The fourth-order valence-corrected chi connectivity index (χ4v) is 5.41. The normalized spacial score (nSPS) is 15.9. The number of hydrogen-bond donors (Lipinski definition) is 0. The minimum Gasteiger partial charge on any atom is -0.381 e. The molecule has 0 aromatic heterocycles. The van der Waals surface area contributed by atoms with E-state index in [0.29, 0.717) is 0 Å². The van der Waals surface area contributed by atoms with Gasteiger partial charge in [-0.1, -0.05) is 80.1 Å². The van der Waals surface area contributed by atoms with Gasteiger partial charge in [0.1, 0.15) is 0 Å². The Morgan fingerprint density at radius 1 is 0.556 bits per heavy atom. The smallest absolute Gasteiger partial charge is 0.364 e. The minimum absolute atomic E-state index is 0.166. The Kier molecular flexibility index (Phi) is 20.5. The molecule has 4 unspecified atom stereocenters. The third-order valence-electron chi connectivity index (χ3n) is 5.57. The molecule has 0 aliphatic heterocycles. The van der Waals surface area contributed by atoms with E-state index in [4.69, 9.17) is 9.47 Å². The van der Waals surface area contributed by atoms with Gasteiger partial charge in [-0.05, 0) is 36.5 Å². The highest BCUT2D eigenvalue weighted by Crippen LogP contribution is 2.14. The van der Waals surface area contributed by atoms with Gasteiger partial charge in [-0.2, -0.15) is 0 Å². The Morgan fingerprint density at radius 2 is 0.889 bits per heavy atom. The van der Waals surface area contributed by atoms with E-state index in [9.17, 15) is 0 Å². The summed E-state index contributed by atoms with van der Waals surface area (Å²) < 4.78 is 14.8. The molecule has 0 aliphatic rings. The standard InChI is InChI=1S/2C12H25O.Mg/c2*1-5-7-11(3)9-13-10-12(4)8-6-2;/h2*11-12H,1,5-10H2,2-4H3;. The molecule has 0 amide bonds. The highest BCUT2D eigenvalue weighted by atomic mass is 24.5. The molecule has 160 valence electrons. The summed E-state index contributed by atoms with van der Waals surface area (Å²) in [5, 5.41) is 0. The maximum absolute atomic E-state index is 5.89. The zero-order valence-corrected chi connectivity index (χ0v) is 21.1. The zero-order chi connectivity index (χ0) is 20.3. The minimum atomic E-state index is 0.166. The van der Waals surface area contributed by atoms with Crippen LogP contribution in [0.4, 0.5) is 0 Å². The fraction of sp³-hybridized carbons (Fsp3) is 1.00. The molecule has 0 radical (unpaired) electrons. The Morgan fingerprint density at radius 3 is 1.22 bits per heavy atom. The first-order chi connectivity index (χ1) is 13.0. The predicted molar refractivity (Wildman–Crippen MR) is 122 cm³/mol.